The van der Waals surface area contributed by atoms with Crippen LogP contribution in [0, 0.1) is 0 Å². The van der Waals surface area contributed by atoms with E-state index in [1.165, 1.54) is 0 Å². The number of benzene rings is 2. The van der Waals surface area contributed by atoms with Gasteiger partial charge < -0.3 is 18.9 Å². The Balaban J connectivity index is 1.37. The van der Waals surface area contributed by atoms with Crippen LogP contribution in [0.1, 0.15) is 16.7 Å². The number of methoxy groups -OCH3 is 4. The number of hydrogen-bond donors (Lipinski definition) is 1. The summed E-state index contributed by atoms with van der Waals surface area (Å²) in [5, 5.41) is 0. The van der Waals surface area contributed by atoms with Gasteiger partial charge in [-0.1, -0.05) is 58.5 Å². The molecular weight excluding hydrogens is 565 g/mol. The highest BCUT2D eigenvalue weighted by atomic mass is 33.1. The Kier molecular flexibility index (Phi) is 14.4. The van der Waals surface area contributed by atoms with Crippen molar-refractivity contribution < 1.29 is 28.5 Å². The monoisotopic (exact) mass is 604 g/mol. The van der Waals surface area contributed by atoms with E-state index in [0.29, 0.717) is 0 Å². The maximum atomic E-state index is 5.46. The molecule has 1 N–H and O–H groups in total. The second kappa shape index (κ2) is 18.5. The summed E-state index contributed by atoms with van der Waals surface area (Å²) in [5.74, 6) is 5.25. The largest absolute Gasteiger partial charge is 0.497 e. The predicted octanol–water partition coefficient (Wildman–Crippen LogP) is 5.54. The highest BCUT2D eigenvalue weighted by Gasteiger charge is 2.04. The molecular formula is C34H40N2O4S2+2. The second-order valence-corrected chi connectivity index (χ2v) is 11.6. The van der Waals surface area contributed by atoms with Gasteiger partial charge in [0.1, 0.15) is 23.0 Å². The third-order valence-corrected chi connectivity index (χ3v) is 8.56. The first-order valence-electron chi connectivity index (χ1n) is 13.5. The normalized spacial score (nSPS) is 11.9. The lowest BCUT2D eigenvalue weighted by molar-refractivity contribution is -0.692. The van der Waals surface area contributed by atoms with Gasteiger partial charge >= 0.3 is 0 Å². The van der Waals surface area contributed by atoms with Gasteiger partial charge in [-0.05, 0) is 47.5 Å². The van der Waals surface area contributed by atoms with Crippen LogP contribution in [-0.4, -0.2) is 52.7 Å². The average molecular weight is 605 g/mol. The van der Waals surface area contributed by atoms with Crippen molar-refractivity contribution in [3.05, 3.63) is 108 Å². The fourth-order valence-electron chi connectivity index (χ4n) is 3.83. The third kappa shape index (κ3) is 10.8. The van der Waals surface area contributed by atoms with Crippen LogP contribution < -0.4 is 28.5 Å². The van der Waals surface area contributed by atoms with Crippen molar-refractivity contribution in [3.63, 3.8) is 0 Å². The number of aromatic nitrogens is 1. The topological polar surface area (TPSA) is 54.8 Å². The van der Waals surface area contributed by atoms with E-state index in [9.17, 15) is 0 Å². The molecule has 2 aromatic carbocycles. The Morgan fingerprint density at radius 1 is 0.786 bits per heavy atom. The Hall–Kier alpha value is -3.88. The summed E-state index contributed by atoms with van der Waals surface area (Å²) >= 11 is 0. The number of hydrogen-bond acceptors (Lipinski definition) is 6. The summed E-state index contributed by atoms with van der Waals surface area (Å²) in [6.45, 7) is 5.76. The molecule has 220 valence electrons. The highest BCUT2D eigenvalue weighted by Crippen LogP contribution is 2.27. The molecule has 42 heavy (non-hydrogen) atoms. The molecule has 1 aromatic heterocycles. The first-order valence-corrected chi connectivity index (χ1v) is 16.0. The third-order valence-electron chi connectivity index (χ3n) is 6.18. The first kappa shape index (κ1) is 32.6. The summed E-state index contributed by atoms with van der Waals surface area (Å²) in [4.78, 5) is 3.35. The molecule has 6 nitrogen and oxygen atoms in total. The van der Waals surface area contributed by atoms with Crippen LogP contribution in [0.2, 0.25) is 0 Å². The maximum Gasteiger partial charge on any atom is 0.169 e. The van der Waals surface area contributed by atoms with E-state index < -0.39 is 0 Å². The molecule has 0 amide bonds. The molecule has 0 bridgehead atoms. The van der Waals surface area contributed by atoms with Crippen molar-refractivity contribution in [2.24, 2.45) is 0 Å². The fraction of sp³-hybridized carbons (Fsp3) is 0.235. The Bertz CT molecular complexity index is 1400. The van der Waals surface area contributed by atoms with Crippen molar-refractivity contribution in [2.45, 2.75) is 6.54 Å². The molecule has 0 aliphatic carbocycles. The summed E-state index contributed by atoms with van der Waals surface area (Å²) in [5.41, 5.74) is 4.05. The first-order chi connectivity index (χ1) is 20.6. The van der Waals surface area contributed by atoms with Crippen LogP contribution in [0.25, 0.3) is 18.2 Å². The minimum atomic E-state index is 0.787. The molecule has 3 rings (SSSR count). The van der Waals surface area contributed by atoms with Crippen molar-refractivity contribution in [3.8, 4) is 23.0 Å². The van der Waals surface area contributed by atoms with Crippen molar-refractivity contribution in [1.82, 2.24) is 0 Å². The number of allylic oxidation sites excluding steroid dienone is 4. The van der Waals surface area contributed by atoms with Gasteiger partial charge in [-0.2, -0.15) is 0 Å². The predicted molar refractivity (Wildman–Crippen MR) is 179 cm³/mol. The molecule has 0 fully saturated rings. The smallest absolute Gasteiger partial charge is 0.169 e. The van der Waals surface area contributed by atoms with Crippen LogP contribution in [0.3, 0.4) is 0 Å². The van der Waals surface area contributed by atoms with Crippen LogP contribution in [0.15, 0.2) is 91.3 Å². The molecule has 0 radical (unpaired) electrons. The van der Waals surface area contributed by atoms with Gasteiger partial charge in [-0.25, -0.2) is 9.56 Å². The molecule has 0 aliphatic rings. The SMILES string of the molecule is C=CC(/C=C/c1cc(OC)ccc1OC)=C\C=[NH+]CCSSCC[n+]1ccc(/C=C/c2cc(OC)ccc2OC)cc1. The standard InChI is InChI=1S/C34H39N2O4S2/c1-6-27(7-9-29-25-31(37-2)11-13-33(29)39-4)15-18-35-19-23-41-42-24-22-36-20-16-28(17-21-36)8-10-30-26-32(38-3)12-14-34(30)40-5/h6-18,20-21,25-26H,1,19,22-24H2,2-5H3/q+1/p+1/b9-7+,10-8+,27-15+,35-18?. The van der Waals surface area contributed by atoms with E-state index in [-0.39, 0.29) is 0 Å². The molecule has 0 unspecified atom stereocenters. The Morgan fingerprint density at radius 2 is 1.40 bits per heavy atom. The van der Waals surface area contributed by atoms with E-state index in [1.54, 1.807) is 28.4 Å². The van der Waals surface area contributed by atoms with E-state index in [0.717, 1.165) is 69.9 Å². The lowest BCUT2D eigenvalue weighted by atomic mass is 10.1. The molecule has 3 aromatic rings. The minimum absolute atomic E-state index is 0.787. The number of nitrogens with one attached hydrogen (secondary N) is 1. The van der Waals surface area contributed by atoms with Crippen LogP contribution in [0.4, 0.5) is 0 Å². The zero-order valence-corrected chi connectivity index (χ0v) is 26.4. The molecule has 0 atom stereocenters. The van der Waals surface area contributed by atoms with Gasteiger partial charge in [0.2, 0.25) is 0 Å². The molecule has 0 aliphatic heterocycles. The molecule has 1 heterocycles. The molecule has 8 heteroatoms. The van der Waals surface area contributed by atoms with Gasteiger partial charge in [0, 0.05) is 29.3 Å². The van der Waals surface area contributed by atoms with Gasteiger partial charge in [0.25, 0.3) is 0 Å². The van der Waals surface area contributed by atoms with E-state index in [4.69, 9.17) is 18.9 Å². The number of aryl methyl sites for hydroxylation is 1. The summed E-state index contributed by atoms with van der Waals surface area (Å²) in [6.07, 6.45) is 18.2. The number of ether oxygens (including phenoxy) is 4. The molecule has 0 saturated carbocycles. The van der Waals surface area contributed by atoms with Crippen molar-refractivity contribution in [2.75, 3.05) is 46.5 Å². The maximum absolute atomic E-state index is 5.46. The fourth-order valence-corrected chi connectivity index (χ4v) is 5.73. The lowest BCUT2D eigenvalue weighted by Crippen LogP contribution is -2.69. The molecule has 0 spiro atoms. The average Bonchev–Trinajstić information content (AvgIpc) is 3.04. The van der Waals surface area contributed by atoms with Crippen molar-refractivity contribution >= 4 is 46.0 Å². The van der Waals surface area contributed by atoms with E-state index in [2.05, 4.69) is 46.7 Å². The van der Waals surface area contributed by atoms with E-state index in [1.807, 2.05) is 94.6 Å². The van der Waals surface area contributed by atoms with Gasteiger partial charge in [0.15, 0.2) is 31.7 Å². The van der Waals surface area contributed by atoms with Crippen LogP contribution in [-0.2, 0) is 6.54 Å². The highest BCUT2D eigenvalue weighted by molar-refractivity contribution is 8.76. The molecule has 0 saturated heterocycles. The van der Waals surface area contributed by atoms with Gasteiger partial charge in [-0.3, -0.25) is 0 Å². The van der Waals surface area contributed by atoms with Gasteiger partial charge in [-0.15, -0.1) is 0 Å². The number of nitrogens with zero attached hydrogens (tertiary/aromatic N) is 1. The number of pyridine rings is 1. The Labute approximate surface area is 257 Å². The van der Waals surface area contributed by atoms with Crippen molar-refractivity contribution in [1.29, 1.82) is 0 Å². The lowest BCUT2D eigenvalue weighted by Gasteiger charge is -2.07. The zero-order valence-electron chi connectivity index (χ0n) is 24.7. The van der Waals surface area contributed by atoms with Crippen LogP contribution >= 0.6 is 21.6 Å². The summed E-state index contributed by atoms with van der Waals surface area (Å²) in [7, 11) is 10.4. The summed E-state index contributed by atoms with van der Waals surface area (Å²) < 4.78 is 23.8. The quantitative estimate of drug-likeness (QED) is 0.0719. The zero-order chi connectivity index (χ0) is 30.0. The summed E-state index contributed by atoms with van der Waals surface area (Å²) in [6, 6.07) is 15.7. The minimum Gasteiger partial charge on any atom is -0.497 e. The second-order valence-electron chi connectivity index (χ2n) is 8.89. The van der Waals surface area contributed by atoms with E-state index >= 15 is 0 Å². The van der Waals surface area contributed by atoms with Gasteiger partial charge in [0.05, 0.1) is 39.9 Å². The number of rotatable bonds is 17. The Morgan fingerprint density at radius 3 is 2.00 bits per heavy atom. The van der Waals surface area contributed by atoms with Crippen LogP contribution in [0.5, 0.6) is 23.0 Å².